The zero-order valence-corrected chi connectivity index (χ0v) is 20.3. The molecule has 3 aromatic carbocycles. The molecule has 0 radical (unpaired) electrons. The number of H-pyrrole nitrogens is 1. The van der Waals surface area contributed by atoms with Gasteiger partial charge in [0.2, 0.25) is 0 Å². The maximum Gasteiger partial charge on any atom is 0.440 e. The second-order valence-corrected chi connectivity index (χ2v) is 9.00. The summed E-state index contributed by atoms with van der Waals surface area (Å²) in [6.45, 7) is -0.236. The maximum atomic E-state index is 13.2. The molecule has 7 nitrogen and oxygen atoms in total. The molecule has 1 N–H and O–H groups in total. The van der Waals surface area contributed by atoms with Crippen molar-refractivity contribution in [2.24, 2.45) is 0 Å². The molecular weight excluding hydrogens is 544 g/mol. The van der Waals surface area contributed by atoms with Gasteiger partial charge in [-0.1, -0.05) is 30.3 Å². The van der Waals surface area contributed by atoms with Gasteiger partial charge in [0.15, 0.2) is 0 Å². The second-order valence-electron chi connectivity index (χ2n) is 9.00. The second kappa shape index (κ2) is 10.1. The van der Waals surface area contributed by atoms with E-state index in [0.29, 0.717) is 35.1 Å². The largest absolute Gasteiger partial charge is 0.489 e. The number of rotatable bonds is 7. The third kappa shape index (κ3) is 5.82. The molecule has 5 aromatic rings. The van der Waals surface area contributed by atoms with Crippen LogP contribution in [-0.4, -0.2) is 14.3 Å². The number of fused-ring (bicyclic) bond motifs is 1. The van der Waals surface area contributed by atoms with Crippen LogP contribution in [0.5, 0.6) is 5.75 Å². The van der Waals surface area contributed by atoms with Crippen molar-refractivity contribution < 1.29 is 35.6 Å². The number of benzene rings is 3. The Kier molecular flexibility index (Phi) is 6.82. The molecule has 0 aliphatic carbocycles. The Morgan fingerprint density at radius 1 is 0.800 bits per heavy atom. The van der Waals surface area contributed by atoms with Gasteiger partial charge in [-0.05, 0) is 47.5 Å². The highest BCUT2D eigenvalue weighted by atomic mass is 19.4. The van der Waals surface area contributed by atoms with Crippen LogP contribution in [0.25, 0.3) is 10.9 Å². The van der Waals surface area contributed by atoms with Crippen molar-refractivity contribution in [1.29, 1.82) is 0 Å². The first-order chi connectivity index (χ1) is 18.9. The minimum Gasteiger partial charge on any atom is -0.489 e. The first-order valence-corrected chi connectivity index (χ1v) is 11.7. The zero-order valence-electron chi connectivity index (χ0n) is 20.3. The van der Waals surface area contributed by atoms with Gasteiger partial charge in [0, 0.05) is 29.2 Å². The first-order valence-electron chi connectivity index (χ1n) is 11.7. The van der Waals surface area contributed by atoms with Gasteiger partial charge >= 0.3 is 23.8 Å². The molecule has 0 fully saturated rings. The third-order valence-corrected chi connectivity index (χ3v) is 6.13. The Bertz CT molecular complexity index is 1750. The summed E-state index contributed by atoms with van der Waals surface area (Å²) in [5, 5.41) is 0.573. The van der Waals surface area contributed by atoms with E-state index in [1.807, 2.05) is 39.9 Å². The first kappa shape index (κ1) is 26.9. The Morgan fingerprint density at radius 2 is 1.48 bits per heavy atom. The highest BCUT2D eigenvalue weighted by molar-refractivity contribution is 5.85. The summed E-state index contributed by atoms with van der Waals surface area (Å²) in [7, 11) is 0. The minimum atomic E-state index is -4.98. The number of aromatic nitrogens is 3. The topological polar surface area (TPSA) is 82.2 Å². The third-order valence-electron chi connectivity index (χ3n) is 6.13. The van der Waals surface area contributed by atoms with Crippen LogP contribution < -0.4 is 16.2 Å². The van der Waals surface area contributed by atoms with E-state index in [4.69, 9.17) is 9.26 Å². The predicted octanol–water partition coefficient (Wildman–Crippen LogP) is 5.80. The molecule has 5 rings (SSSR count). The summed E-state index contributed by atoms with van der Waals surface area (Å²) in [6.07, 6.45) is -8.20. The molecule has 40 heavy (non-hydrogen) atoms. The lowest BCUT2D eigenvalue weighted by Crippen LogP contribution is -2.17. The fraction of sp³-hybridized carbons (Fsp3) is 0.185. The molecule has 0 unspecified atom stereocenters. The Morgan fingerprint density at radius 3 is 2.08 bits per heavy atom. The highest BCUT2D eigenvalue weighted by Gasteiger charge is 2.36. The van der Waals surface area contributed by atoms with Crippen LogP contribution in [0.1, 0.15) is 27.8 Å². The van der Waals surface area contributed by atoms with E-state index in [-0.39, 0.29) is 23.9 Å². The van der Waals surface area contributed by atoms with Crippen molar-refractivity contribution in [3.05, 3.63) is 122 Å². The van der Waals surface area contributed by atoms with Crippen molar-refractivity contribution >= 4 is 10.9 Å². The summed E-state index contributed by atoms with van der Waals surface area (Å²) < 4.78 is 92.5. The number of alkyl halides is 6. The summed E-state index contributed by atoms with van der Waals surface area (Å²) in [6, 6.07) is 15.5. The molecule has 2 aromatic heterocycles. The van der Waals surface area contributed by atoms with E-state index < -0.39 is 41.5 Å². The van der Waals surface area contributed by atoms with Gasteiger partial charge in [0.25, 0.3) is 0 Å². The lowest BCUT2D eigenvalue weighted by Gasteiger charge is -2.15. The molecule has 0 aliphatic rings. The number of hydrogen-bond donors (Lipinski definition) is 1. The summed E-state index contributed by atoms with van der Waals surface area (Å²) in [4.78, 5) is 25.5. The van der Waals surface area contributed by atoms with E-state index in [0.717, 1.165) is 10.3 Å². The van der Waals surface area contributed by atoms with Crippen LogP contribution in [0.3, 0.4) is 0 Å². The highest BCUT2D eigenvalue weighted by Crippen LogP contribution is 2.37. The number of ether oxygens (including phenoxy) is 1. The zero-order chi connectivity index (χ0) is 28.7. The van der Waals surface area contributed by atoms with E-state index >= 15 is 0 Å². The van der Waals surface area contributed by atoms with Crippen LogP contribution in [0, 0.1) is 0 Å². The van der Waals surface area contributed by atoms with Crippen LogP contribution >= 0.6 is 0 Å². The average Bonchev–Trinajstić information content (AvgIpc) is 3.39. The van der Waals surface area contributed by atoms with E-state index in [1.165, 1.54) is 6.07 Å². The van der Waals surface area contributed by atoms with Gasteiger partial charge in [0.05, 0.1) is 17.7 Å². The molecule has 2 heterocycles. The van der Waals surface area contributed by atoms with Gasteiger partial charge in [-0.15, -0.1) is 4.74 Å². The van der Waals surface area contributed by atoms with Crippen molar-refractivity contribution in [1.82, 2.24) is 14.3 Å². The fourth-order valence-electron chi connectivity index (χ4n) is 4.32. The van der Waals surface area contributed by atoms with Crippen LogP contribution in [0.4, 0.5) is 26.3 Å². The average molecular weight is 563 g/mol. The molecule has 0 saturated carbocycles. The monoisotopic (exact) mass is 563 g/mol. The molecular formula is C27H19F6N3O4. The molecule has 208 valence electrons. The normalized spacial score (nSPS) is 12.2. The maximum absolute atomic E-state index is 13.2. The van der Waals surface area contributed by atoms with Gasteiger partial charge < -0.3 is 13.8 Å². The Balaban J connectivity index is 1.49. The van der Waals surface area contributed by atoms with Crippen molar-refractivity contribution in [3.63, 3.8) is 0 Å². The predicted molar refractivity (Wildman–Crippen MR) is 131 cm³/mol. The number of nitrogens with zero attached hydrogens (tertiary/aromatic N) is 2. The smallest absolute Gasteiger partial charge is 0.440 e. The van der Waals surface area contributed by atoms with E-state index in [1.54, 1.807) is 18.3 Å². The standard InChI is InChI=1S/C27H19F6N3O4/c28-26(29,30)19-8-17(9-20(10-19)27(31,32)33)15-39-21-6-7-23-22(11-21)18(14-36-24(37)34-25(38)40-36)13-35(23)12-16-4-2-1-3-5-16/h1-11,13H,12,14-15H2,(H,34,37,38). The van der Waals surface area contributed by atoms with Gasteiger partial charge in [-0.3, -0.25) is 0 Å². The number of hydrogen-bond acceptors (Lipinski definition) is 4. The SMILES string of the molecule is O=c1[nH]c(=O)n(Cc2cn(Cc3ccccc3)c3ccc(OCc4cc(C(F)(F)F)cc(C(F)(F)F)c4)cc23)o1. The summed E-state index contributed by atoms with van der Waals surface area (Å²) in [5.74, 6) is -0.763. The number of nitrogens with one attached hydrogen (secondary N) is 1. The Labute approximate surface area is 220 Å². The van der Waals surface area contributed by atoms with Crippen molar-refractivity contribution in [2.45, 2.75) is 32.0 Å². The quantitative estimate of drug-likeness (QED) is 0.254. The van der Waals surface area contributed by atoms with Crippen LogP contribution in [0.15, 0.2) is 87.0 Å². The molecule has 0 saturated heterocycles. The molecule has 0 aliphatic heterocycles. The molecule has 13 heteroatoms. The molecule has 0 atom stereocenters. The fourth-order valence-corrected chi connectivity index (χ4v) is 4.32. The van der Waals surface area contributed by atoms with Gasteiger partial charge in [-0.2, -0.15) is 26.3 Å². The van der Waals surface area contributed by atoms with Crippen LogP contribution in [-0.2, 0) is 32.0 Å². The van der Waals surface area contributed by atoms with Gasteiger partial charge in [0.1, 0.15) is 12.4 Å². The lowest BCUT2D eigenvalue weighted by molar-refractivity contribution is -0.143. The molecule has 0 amide bonds. The minimum absolute atomic E-state index is 0.0542. The van der Waals surface area contributed by atoms with Crippen LogP contribution in [0.2, 0.25) is 0 Å². The summed E-state index contributed by atoms with van der Waals surface area (Å²) >= 11 is 0. The van der Waals surface area contributed by atoms with Gasteiger partial charge in [-0.25, -0.2) is 14.6 Å². The van der Waals surface area contributed by atoms with Crippen molar-refractivity contribution in [2.75, 3.05) is 0 Å². The van der Waals surface area contributed by atoms with E-state index in [2.05, 4.69) is 0 Å². The summed E-state index contributed by atoms with van der Waals surface area (Å²) in [5.41, 5.74) is -1.71. The number of halogens is 6. The molecule has 0 spiro atoms. The lowest BCUT2D eigenvalue weighted by atomic mass is 10.1. The van der Waals surface area contributed by atoms with Crippen molar-refractivity contribution in [3.8, 4) is 5.75 Å². The molecule has 0 bridgehead atoms. The van der Waals surface area contributed by atoms with E-state index in [9.17, 15) is 35.9 Å². The Hall–Kier alpha value is -4.68. The number of aromatic amines is 1.